The summed E-state index contributed by atoms with van der Waals surface area (Å²) in [7, 11) is 0. The van der Waals surface area contributed by atoms with Crippen molar-refractivity contribution in [3.8, 4) is 0 Å². The Kier molecular flexibility index (Phi) is 4.08. The molecule has 0 aliphatic heterocycles. The lowest BCUT2D eigenvalue weighted by Crippen LogP contribution is -2.35. The van der Waals surface area contributed by atoms with E-state index in [0.29, 0.717) is 6.54 Å². The normalized spacial score (nSPS) is 29.4. The van der Waals surface area contributed by atoms with Crippen LogP contribution in [0.4, 0.5) is 0 Å². The Morgan fingerprint density at radius 3 is 2.72 bits per heavy atom. The standard InChI is InChI=1S/C16H25NO/c1-3-13-8-9-16(10-13,11-17)15(18)14-7-5-4-6-12(14)2/h4-7,13,15,18H,3,8-11,17H2,1-2H3. The number of benzene rings is 1. The molecule has 1 saturated carbocycles. The first-order chi connectivity index (χ1) is 8.63. The fourth-order valence-corrected chi connectivity index (χ4v) is 3.39. The van der Waals surface area contributed by atoms with Crippen LogP contribution in [0.5, 0.6) is 0 Å². The predicted molar refractivity (Wildman–Crippen MR) is 75.3 cm³/mol. The summed E-state index contributed by atoms with van der Waals surface area (Å²) in [6.45, 7) is 4.88. The van der Waals surface area contributed by atoms with Crippen molar-refractivity contribution in [3.05, 3.63) is 35.4 Å². The van der Waals surface area contributed by atoms with Gasteiger partial charge in [-0.15, -0.1) is 0 Å². The second kappa shape index (κ2) is 5.41. The summed E-state index contributed by atoms with van der Waals surface area (Å²) >= 11 is 0. The number of aryl methyl sites for hydroxylation is 1. The SMILES string of the molecule is CCC1CCC(CN)(C(O)c2ccccc2C)C1. The third-order valence-electron chi connectivity index (χ3n) is 4.79. The average molecular weight is 247 g/mol. The molecule has 0 radical (unpaired) electrons. The quantitative estimate of drug-likeness (QED) is 0.858. The van der Waals surface area contributed by atoms with E-state index < -0.39 is 6.10 Å². The van der Waals surface area contributed by atoms with Crippen molar-refractivity contribution < 1.29 is 5.11 Å². The number of aliphatic hydroxyl groups excluding tert-OH is 1. The van der Waals surface area contributed by atoms with E-state index in [1.807, 2.05) is 18.2 Å². The second-order valence-electron chi connectivity index (χ2n) is 5.84. The molecule has 0 bridgehead atoms. The third-order valence-corrected chi connectivity index (χ3v) is 4.79. The van der Waals surface area contributed by atoms with Gasteiger partial charge in [0.05, 0.1) is 6.10 Å². The van der Waals surface area contributed by atoms with Crippen LogP contribution < -0.4 is 5.73 Å². The summed E-state index contributed by atoms with van der Waals surface area (Å²) in [6, 6.07) is 8.12. The summed E-state index contributed by atoms with van der Waals surface area (Å²) in [5, 5.41) is 10.8. The van der Waals surface area contributed by atoms with Gasteiger partial charge in [0.25, 0.3) is 0 Å². The van der Waals surface area contributed by atoms with Crippen LogP contribution in [0, 0.1) is 18.3 Å². The van der Waals surface area contributed by atoms with Crippen LogP contribution in [0.25, 0.3) is 0 Å². The second-order valence-corrected chi connectivity index (χ2v) is 5.84. The molecule has 1 aromatic rings. The lowest BCUT2D eigenvalue weighted by atomic mass is 9.75. The highest BCUT2D eigenvalue weighted by atomic mass is 16.3. The van der Waals surface area contributed by atoms with Gasteiger partial charge in [0.2, 0.25) is 0 Å². The molecule has 3 N–H and O–H groups in total. The highest BCUT2D eigenvalue weighted by Gasteiger charge is 2.43. The van der Waals surface area contributed by atoms with E-state index in [2.05, 4.69) is 19.9 Å². The van der Waals surface area contributed by atoms with Crippen molar-refractivity contribution in [2.45, 2.75) is 45.6 Å². The molecule has 18 heavy (non-hydrogen) atoms. The topological polar surface area (TPSA) is 46.2 Å². The van der Waals surface area contributed by atoms with Gasteiger partial charge < -0.3 is 10.8 Å². The first kappa shape index (κ1) is 13.6. The zero-order valence-corrected chi connectivity index (χ0v) is 11.5. The number of hydrogen-bond acceptors (Lipinski definition) is 2. The van der Waals surface area contributed by atoms with E-state index in [1.165, 1.54) is 12.8 Å². The number of aliphatic hydroxyl groups is 1. The fourth-order valence-electron chi connectivity index (χ4n) is 3.39. The Morgan fingerprint density at radius 1 is 1.44 bits per heavy atom. The van der Waals surface area contributed by atoms with Crippen LogP contribution in [-0.4, -0.2) is 11.7 Å². The molecule has 0 saturated heterocycles. The van der Waals surface area contributed by atoms with Gasteiger partial charge in [-0.25, -0.2) is 0 Å². The molecule has 1 aromatic carbocycles. The molecular weight excluding hydrogens is 222 g/mol. The Hall–Kier alpha value is -0.860. The molecule has 0 amide bonds. The van der Waals surface area contributed by atoms with E-state index >= 15 is 0 Å². The van der Waals surface area contributed by atoms with Crippen LogP contribution in [0.15, 0.2) is 24.3 Å². The molecule has 2 heteroatoms. The van der Waals surface area contributed by atoms with E-state index in [9.17, 15) is 5.11 Å². The zero-order valence-electron chi connectivity index (χ0n) is 11.5. The van der Waals surface area contributed by atoms with Gasteiger partial charge in [-0.05, 0) is 43.2 Å². The smallest absolute Gasteiger partial charge is 0.0860 e. The van der Waals surface area contributed by atoms with Gasteiger partial charge in [-0.2, -0.15) is 0 Å². The van der Waals surface area contributed by atoms with Crippen LogP contribution >= 0.6 is 0 Å². The number of rotatable bonds is 4. The van der Waals surface area contributed by atoms with Crippen LogP contribution in [0.1, 0.15) is 49.8 Å². The van der Waals surface area contributed by atoms with Gasteiger partial charge in [0, 0.05) is 12.0 Å². The van der Waals surface area contributed by atoms with Crippen molar-refractivity contribution in [1.82, 2.24) is 0 Å². The Morgan fingerprint density at radius 2 is 2.17 bits per heavy atom. The van der Waals surface area contributed by atoms with Crippen LogP contribution in [-0.2, 0) is 0 Å². The lowest BCUT2D eigenvalue weighted by molar-refractivity contribution is 0.0297. The minimum atomic E-state index is -0.416. The zero-order chi connectivity index (χ0) is 13.2. The van der Waals surface area contributed by atoms with Crippen molar-refractivity contribution in [2.75, 3.05) is 6.54 Å². The summed E-state index contributed by atoms with van der Waals surface area (Å²) in [5.41, 5.74) is 8.13. The maximum Gasteiger partial charge on any atom is 0.0860 e. The molecule has 1 fully saturated rings. The largest absolute Gasteiger partial charge is 0.388 e. The monoisotopic (exact) mass is 247 g/mol. The summed E-state index contributed by atoms with van der Waals surface area (Å²) < 4.78 is 0. The fraction of sp³-hybridized carbons (Fsp3) is 0.625. The first-order valence-corrected chi connectivity index (χ1v) is 7.06. The van der Waals surface area contributed by atoms with E-state index in [-0.39, 0.29) is 5.41 Å². The molecular formula is C16H25NO. The van der Waals surface area contributed by atoms with E-state index in [4.69, 9.17) is 5.73 Å². The highest BCUT2D eigenvalue weighted by molar-refractivity contribution is 5.29. The van der Waals surface area contributed by atoms with Crippen LogP contribution in [0.2, 0.25) is 0 Å². The number of hydrogen-bond donors (Lipinski definition) is 2. The minimum Gasteiger partial charge on any atom is -0.388 e. The molecule has 1 aliphatic rings. The predicted octanol–water partition coefficient (Wildman–Crippen LogP) is 3.18. The number of nitrogens with two attached hydrogens (primary N) is 1. The van der Waals surface area contributed by atoms with Gasteiger partial charge in [-0.1, -0.05) is 37.6 Å². The molecule has 100 valence electrons. The Balaban J connectivity index is 2.26. The van der Waals surface area contributed by atoms with Gasteiger partial charge in [0.1, 0.15) is 0 Å². The minimum absolute atomic E-state index is 0.104. The summed E-state index contributed by atoms with van der Waals surface area (Å²) in [4.78, 5) is 0. The highest BCUT2D eigenvalue weighted by Crippen LogP contribution is 2.50. The molecule has 1 aliphatic carbocycles. The molecule has 2 rings (SSSR count). The van der Waals surface area contributed by atoms with Crippen molar-refractivity contribution in [1.29, 1.82) is 0 Å². The average Bonchev–Trinajstić information content (AvgIpc) is 2.83. The van der Waals surface area contributed by atoms with Gasteiger partial charge in [-0.3, -0.25) is 0 Å². The van der Waals surface area contributed by atoms with Gasteiger partial charge in [0.15, 0.2) is 0 Å². The molecule has 3 atom stereocenters. The molecule has 0 heterocycles. The lowest BCUT2D eigenvalue weighted by Gasteiger charge is -2.34. The molecule has 0 aromatic heterocycles. The third kappa shape index (κ3) is 2.32. The van der Waals surface area contributed by atoms with Crippen molar-refractivity contribution >= 4 is 0 Å². The molecule has 0 spiro atoms. The maximum absolute atomic E-state index is 10.8. The van der Waals surface area contributed by atoms with E-state index in [0.717, 1.165) is 29.9 Å². The van der Waals surface area contributed by atoms with Crippen molar-refractivity contribution in [2.24, 2.45) is 17.1 Å². The van der Waals surface area contributed by atoms with Gasteiger partial charge >= 0.3 is 0 Å². The molecule has 2 nitrogen and oxygen atoms in total. The molecule has 3 unspecified atom stereocenters. The Bertz CT molecular complexity index is 404. The first-order valence-electron chi connectivity index (χ1n) is 7.06. The van der Waals surface area contributed by atoms with Crippen LogP contribution in [0.3, 0.4) is 0 Å². The Labute approximate surface area is 110 Å². The summed E-state index contributed by atoms with van der Waals surface area (Å²) in [5.74, 6) is 0.729. The maximum atomic E-state index is 10.8. The van der Waals surface area contributed by atoms with Crippen molar-refractivity contribution in [3.63, 3.8) is 0 Å². The van der Waals surface area contributed by atoms with E-state index in [1.54, 1.807) is 0 Å². The summed E-state index contributed by atoms with van der Waals surface area (Å²) in [6.07, 6.45) is 4.10.